The molecule has 0 unspecified atom stereocenters. The third kappa shape index (κ3) is 3.21. The lowest BCUT2D eigenvalue weighted by atomic mass is 10.1. The predicted molar refractivity (Wildman–Crippen MR) is 71.8 cm³/mol. The second-order valence-electron chi connectivity index (χ2n) is 4.63. The van der Waals surface area contributed by atoms with Gasteiger partial charge in [-0.15, -0.1) is 0 Å². The van der Waals surface area contributed by atoms with Gasteiger partial charge in [0.05, 0.1) is 11.3 Å². The summed E-state index contributed by atoms with van der Waals surface area (Å²) < 4.78 is 15.3. The van der Waals surface area contributed by atoms with Gasteiger partial charge in [-0.05, 0) is 25.1 Å². The Morgan fingerprint density at radius 1 is 1.40 bits per heavy atom. The van der Waals surface area contributed by atoms with Gasteiger partial charge in [0.2, 0.25) is 0 Å². The molecule has 6 heteroatoms. The number of carboxylic acids is 1. The Morgan fingerprint density at radius 2 is 2.10 bits per heavy atom. The quantitative estimate of drug-likeness (QED) is 0.875. The average molecular weight is 277 g/mol. The summed E-state index contributed by atoms with van der Waals surface area (Å²) >= 11 is 0. The van der Waals surface area contributed by atoms with E-state index in [-0.39, 0.29) is 12.1 Å². The van der Waals surface area contributed by atoms with Crippen LogP contribution in [0.2, 0.25) is 0 Å². The van der Waals surface area contributed by atoms with Crippen molar-refractivity contribution in [2.75, 3.05) is 0 Å². The Balaban J connectivity index is 2.02. The lowest BCUT2D eigenvalue weighted by molar-refractivity contribution is 0.0696. The van der Waals surface area contributed by atoms with Crippen LogP contribution in [-0.2, 0) is 20.1 Å². The highest BCUT2D eigenvalue weighted by molar-refractivity contribution is 5.87. The van der Waals surface area contributed by atoms with E-state index < -0.39 is 11.8 Å². The molecule has 0 saturated heterocycles. The number of carboxylic acid groups (broad SMARTS) is 1. The zero-order chi connectivity index (χ0) is 14.7. The Morgan fingerprint density at radius 3 is 2.70 bits per heavy atom. The van der Waals surface area contributed by atoms with Gasteiger partial charge in [0.15, 0.2) is 0 Å². The number of benzene rings is 1. The van der Waals surface area contributed by atoms with E-state index in [1.54, 1.807) is 4.68 Å². The molecule has 2 rings (SSSR count). The topological polar surface area (TPSA) is 67.2 Å². The fraction of sp³-hybridized carbons (Fsp3) is 0.286. The molecule has 20 heavy (non-hydrogen) atoms. The second kappa shape index (κ2) is 5.83. The number of hydrogen-bond donors (Lipinski definition) is 2. The zero-order valence-electron chi connectivity index (χ0n) is 11.4. The average Bonchev–Trinajstić information content (AvgIpc) is 2.70. The van der Waals surface area contributed by atoms with Crippen LogP contribution in [0.5, 0.6) is 0 Å². The molecule has 0 bridgehead atoms. The highest BCUT2D eigenvalue weighted by atomic mass is 19.1. The Bertz CT molecular complexity index is 637. The van der Waals surface area contributed by atoms with E-state index in [1.807, 2.05) is 20.2 Å². The monoisotopic (exact) mass is 277 g/mol. The third-order valence-corrected chi connectivity index (χ3v) is 3.04. The van der Waals surface area contributed by atoms with Gasteiger partial charge >= 0.3 is 5.97 Å². The van der Waals surface area contributed by atoms with Crippen molar-refractivity contribution in [2.24, 2.45) is 7.05 Å². The molecule has 2 aromatic rings. The minimum absolute atomic E-state index is 0.0840. The fourth-order valence-electron chi connectivity index (χ4n) is 2.00. The SMILES string of the molecule is Cc1nn(C)cc1CNCc1cc(C(=O)O)ccc1F. The second-order valence-corrected chi connectivity index (χ2v) is 4.63. The molecule has 0 atom stereocenters. The minimum Gasteiger partial charge on any atom is -0.478 e. The molecule has 5 nitrogen and oxygen atoms in total. The van der Waals surface area contributed by atoms with E-state index in [0.29, 0.717) is 12.1 Å². The number of aromatic nitrogens is 2. The van der Waals surface area contributed by atoms with Crippen molar-refractivity contribution in [3.63, 3.8) is 0 Å². The molecule has 0 spiro atoms. The van der Waals surface area contributed by atoms with Crippen LogP contribution in [0.15, 0.2) is 24.4 Å². The summed E-state index contributed by atoms with van der Waals surface area (Å²) in [6.45, 7) is 2.72. The Kier molecular flexibility index (Phi) is 4.14. The molecule has 0 radical (unpaired) electrons. The standard InChI is InChI=1S/C14H16FN3O2/c1-9-12(8-18(2)17-9)7-16-6-11-5-10(14(19)20)3-4-13(11)15/h3-5,8,16H,6-7H2,1-2H3,(H,19,20). The summed E-state index contributed by atoms with van der Waals surface area (Å²) in [5, 5.41) is 16.2. The molecule has 0 aliphatic heterocycles. The highest BCUT2D eigenvalue weighted by Gasteiger charge is 2.09. The first-order chi connectivity index (χ1) is 9.47. The summed E-state index contributed by atoms with van der Waals surface area (Å²) in [5.74, 6) is -1.47. The summed E-state index contributed by atoms with van der Waals surface area (Å²) in [5.41, 5.74) is 2.37. The van der Waals surface area contributed by atoms with Crippen LogP contribution in [0.3, 0.4) is 0 Å². The number of nitrogens with zero attached hydrogens (tertiary/aromatic N) is 2. The highest BCUT2D eigenvalue weighted by Crippen LogP contribution is 2.11. The molecule has 1 aromatic heterocycles. The molecule has 0 fully saturated rings. The van der Waals surface area contributed by atoms with Crippen LogP contribution >= 0.6 is 0 Å². The molecule has 0 aliphatic carbocycles. The third-order valence-electron chi connectivity index (χ3n) is 3.04. The van der Waals surface area contributed by atoms with Crippen LogP contribution in [0.4, 0.5) is 4.39 Å². The summed E-state index contributed by atoms with van der Waals surface area (Å²) in [4.78, 5) is 10.9. The van der Waals surface area contributed by atoms with Gasteiger partial charge in [-0.3, -0.25) is 4.68 Å². The maximum absolute atomic E-state index is 13.6. The minimum atomic E-state index is -1.06. The largest absolute Gasteiger partial charge is 0.478 e. The summed E-state index contributed by atoms with van der Waals surface area (Å²) in [6, 6.07) is 3.78. The van der Waals surface area contributed by atoms with Crippen LogP contribution in [0.25, 0.3) is 0 Å². The number of hydrogen-bond acceptors (Lipinski definition) is 3. The number of carbonyl (C=O) groups is 1. The maximum Gasteiger partial charge on any atom is 0.335 e. The zero-order valence-corrected chi connectivity index (χ0v) is 11.4. The smallest absolute Gasteiger partial charge is 0.335 e. The lowest BCUT2D eigenvalue weighted by Gasteiger charge is -2.06. The first-order valence-corrected chi connectivity index (χ1v) is 6.19. The Hall–Kier alpha value is -2.21. The van der Waals surface area contributed by atoms with Crippen molar-refractivity contribution < 1.29 is 14.3 Å². The van der Waals surface area contributed by atoms with Crippen LogP contribution in [0.1, 0.15) is 27.2 Å². The fourth-order valence-corrected chi connectivity index (χ4v) is 2.00. The predicted octanol–water partition coefficient (Wildman–Crippen LogP) is 1.86. The number of aryl methyl sites for hydroxylation is 2. The number of halogens is 1. The maximum atomic E-state index is 13.6. The number of rotatable bonds is 5. The summed E-state index contributed by atoms with van der Waals surface area (Å²) in [7, 11) is 1.84. The molecular weight excluding hydrogens is 261 g/mol. The molecule has 0 saturated carbocycles. The van der Waals surface area contributed by atoms with E-state index >= 15 is 0 Å². The first-order valence-electron chi connectivity index (χ1n) is 6.19. The molecule has 1 aromatic carbocycles. The van der Waals surface area contributed by atoms with Crippen molar-refractivity contribution >= 4 is 5.97 Å². The molecule has 0 aliphatic rings. The van der Waals surface area contributed by atoms with E-state index in [4.69, 9.17) is 5.11 Å². The van der Waals surface area contributed by atoms with Crippen molar-refractivity contribution in [1.82, 2.24) is 15.1 Å². The van der Waals surface area contributed by atoms with Crippen molar-refractivity contribution in [3.8, 4) is 0 Å². The van der Waals surface area contributed by atoms with Crippen LogP contribution < -0.4 is 5.32 Å². The van der Waals surface area contributed by atoms with Gasteiger partial charge in [-0.25, -0.2) is 9.18 Å². The molecule has 106 valence electrons. The van der Waals surface area contributed by atoms with E-state index in [0.717, 1.165) is 11.3 Å². The van der Waals surface area contributed by atoms with Crippen molar-refractivity contribution in [1.29, 1.82) is 0 Å². The lowest BCUT2D eigenvalue weighted by Crippen LogP contribution is -2.14. The molecule has 2 N–H and O–H groups in total. The van der Waals surface area contributed by atoms with Gasteiger partial charge in [0.25, 0.3) is 0 Å². The van der Waals surface area contributed by atoms with Crippen LogP contribution in [0, 0.1) is 12.7 Å². The van der Waals surface area contributed by atoms with E-state index in [9.17, 15) is 9.18 Å². The van der Waals surface area contributed by atoms with Gasteiger partial charge in [0, 0.05) is 37.5 Å². The van der Waals surface area contributed by atoms with Gasteiger partial charge in [0.1, 0.15) is 5.82 Å². The van der Waals surface area contributed by atoms with Crippen molar-refractivity contribution in [2.45, 2.75) is 20.0 Å². The normalized spacial score (nSPS) is 10.8. The molecular formula is C14H16FN3O2. The summed E-state index contributed by atoms with van der Waals surface area (Å²) in [6.07, 6.45) is 1.90. The van der Waals surface area contributed by atoms with Gasteiger partial charge in [-0.2, -0.15) is 5.10 Å². The Labute approximate surface area is 116 Å². The number of aromatic carboxylic acids is 1. The van der Waals surface area contributed by atoms with E-state index in [2.05, 4.69) is 10.4 Å². The molecule has 0 amide bonds. The van der Waals surface area contributed by atoms with Gasteiger partial charge in [-0.1, -0.05) is 0 Å². The number of nitrogens with one attached hydrogen (secondary N) is 1. The van der Waals surface area contributed by atoms with Gasteiger partial charge < -0.3 is 10.4 Å². The van der Waals surface area contributed by atoms with Crippen LogP contribution in [-0.4, -0.2) is 20.9 Å². The van der Waals surface area contributed by atoms with E-state index in [1.165, 1.54) is 18.2 Å². The first kappa shape index (κ1) is 14.2. The van der Waals surface area contributed by atoms with Crippen molar-refractivity contribution in [3.05, 3.63) is 52.6 Å². The molecule has 1 heterocycles.